The molecule has 1 aliphatic rings. The summed E-state index contributed by atoms with van der Waals surface area (Å²) >= 11 is 0. The minimum Gasteiger partial charge on any atom is -0.303 e. The smallest absolute Gasteiger partial charge is 0.303 e. The number of hydrogen-bond donors (Lipinski definition) is 1. The number of carbonyl (C=O) groups excluding carboxylic acids is 2. The maximum absolute atomic E-state index is 10.8. The second-order valence-electron chi connectivity index (χ2n) is 2.42. The first kappa shape index (κ1) is 8.22. The molecule has 0 bridgehead atoms. The van der Waals surface area contributed by atoms with Crippen molar-refractivity contribution in [3.63, 3.8) is 0 Å². The van der Waals surface area contributed by atoms with E-state index in [9.17, 15) is 9.59 Å². The molecule has 0 aromatic carbocycles. The highest BCUT2D eigenvalue weighted by molar-refractivity contribution is 6.03. The number of carbonyl (C=O) groups is 2. The van der Waals surface area contributed by atoms with Crippen molar-refractivity contribution in [3.05, 3.63) is 11.4 Å². The third-order valence-corrected chi connectivity index (χ3v) is 1.64. The van der Waals surface area contributed by atoms with Crippen LogP contribution in [-0.2, 0) is 9.59 Å². The summed E-state index contributed by atoms with van der Waals surface area (Å²) in [4.78, 5) is 24.7. The summed E-state index contributed by atoms with van der Waals surface area (Å²) in [6.45, 7) is 6.60. The molecule has 0 spiro atoms. The van der Waals surface area contributed by atoms with E-state index in [0.717, 1.165) is 0 Å². The van der Waals surface area contributed by atoms with Gasteiger partial charge in [0.2, 0.25) is 5.91 Å². The normalized spacial score (nSPS) is 28.5. The summed E-state index contributed by atoms with van der Waals surface area (Å²) < 4.78 is 0. The molecule has 60 valence electrons. The Bertz CT molecular complexity index is 280. The van der Waals surface area contributed by atoms with Gasteiger partial charge in [0.15, 0.2) is 0 Å². The molecule has 1 fully saturated rings. The molecular formula is C7H5N3O2. The van der Waals surface area contributed by atoms with Crippen molar-refractivity contribution < 1.29 is 9.59 Å². The van der Waals surface area contributed by atoms with E-state index in [0.29, 0.717) is 0 Å². The van der Waals surface area contributed by atoms with Crippen molar-refractivity contribution in [1.29, 1.82) is 5.26 Å². The summed E-state index contributed by atoms with van der Waals surface area (Å²) in [5.74, 6) is -2.05. The van der Waals surface area contributed by atoms with Crippen molar-refractivity contribution >= 4 is 11.8 Å². The number of nitriles is 1. The Morgan fingerprint density at radius 2 is 2.25 bits per heavy atom. The number of hydrogen-bond acceptors (Lipinski definition) is 3. The van der Waals surface area contributed by atoms with Crippen LogP contribution in [0.3, 0.4) is 0 Å². The topological polar surface area (TPSA) is 74.3 Å². The van der Waals surface area contributed by atoms with Crippen LogP contribution < -0.4 is 5.32 Å². The van der Waals surface area contributed by atoms with Gasteiger partial charge in [0, 0.05) is 0 Å². The van der Waals surface area contributed by atoms with Gasteiger partial charge < -0.3 is 4.85 Å². The molecule has 12 heavy (non-hydrogen) atoms. The zero-order valence-electron chi connectivity index (χ0n) is 6.07. The molecule has 0 aromatic rings. The van der Waals surface area contributed by atoms with Crippen LogP contribution in [-0.4, -0.2) is 17.9 Å². The minimum absolute atomic E-state index is 0.0185. The predicted octanol–water partition coefficient (Wildman–Crippen LogP) is -0.539. The fraction of sp³-hybridized carbons (Fsp3) is 0.429. The second kappa shape index (κ2) is 3.02. The highest BCUT2D eigenvalue weighted by Gasteiger charge is 2.38. The van der Waals surface area contributed by atoms with Crippen molar-refractivity contribution in [3.8, 4) is 6.07 Å². The SMILES string of the molecule is [C-]#[N+]C1CC(C#N)C(=O)NC1=O. The molecule has 0 radical (unpaired) electrons. The second-order valence-corrected chi connectivity index (χ2v) is 2.42. The minimum atomic E-state index is -0.882. The third kappa shape index (κ3) is 1.25. The molecule has 5 heteroatoms. The van der Waals surface area contributed by atoms with Crippen LogP contribution in [0.15, 0.2) is 0 Å². The molecule has 1 saturated heterocycles. The van der Waals surface area contributed by atoms with Gasteiger partial charge in [0.05, 0.1) is 12.5 Å². The average Bonchev–Trinajstić information content (AvgIpc) is 2.05. The van der Waals surface area contributed by atoms with E-state index < -0.39 is 23.8 Å². The van der Waals surface area contributed by atoms with Gasteiger partial charge in [0.25, 0.3) is 0 Å². The third-order valence-electron chi connectivity index (χ3n) is 1.64. The number of imide groups is 1. The fourth-order valence-corrected chi connectivity index (χ4v) is 0.952. The molecule has 1 N–H and O–H groups in total. The van der Waals surface area contributed by atoms with E-state index in [4.69, 9.17) is 11.8 Å². The van der Waals surface area contributed by atoms with Crippen molar-refractivity contribution in [2.24, 2.45) is 5.92 Å². The van der Waals surface area contributed by atoms with Gasteiger partial charge in [-0.05, 0) is 0 Å². The maximum Gasteiger partial charge on any atom is 0.309 e. The maximum atomic E-state index is 10.8. The van der Waals surface area contributed by atoms with Crippen LogP contribution in [0.25, 0.3) is 4.85 Å². The number of nitrogens with zero attached hydrogens (tertiary/aromatic N) is 2. The first-order valence-electron chi connectivity index (χ1n) is 3.30. The zero-order valence-corrected chi connectivity index (χ0v) is 6.07. The van der Waals surface area contributed by atoms with Gasteiger partial charge in [-0.3, -0.25) is 14.9 Å². The molecule has 2 unspecified atom stereocenters. The van der Waals surface area contributed by atoms with Crippen LogP contribution in [0.2, 0.25) is 0 Å². The fourth-order valence-electron chi connectivity index (χ4n) is 0.952. The Labute approximate surface area is 68.8 Å². The summed E-state index contributed by atoms with van der Waals surface area (Å²) in [6, 6.07) is 0.849. The van der Waals surface area contributed by atoms with E-state index >= 15 is 0 Å². The summed E-state index contributed by atoms with van der Waals surface area (Å²) in [5.41, 5.74) is 0. The Morgan fingerprint density at radius 1 is 1.58 bits per heavy atom. The van der Waals surface area contributed by atoms with E-state index in [1.807, 2.05) is 5.32 Å². The molecule has 1 rings (SSSR count). The number of rotatable bonds is 0. The molecular weight excluding hydrogens is 158 g/mol. The Morgan fingerprint density at radius 3 is 2.75 bits per heavy atom. The van der Waals surface area contributed by atoms with Crippen molar-refractivity contribution in [1.82, 2.24) is 5.32 Å². The highest BCUT2D eigenvalue weighted by atomic mass is 16.2. The molecule has 0 aromatic heterocycles. The molecule has 1 heterocycles. The molecule has 0 saturated carbocycles. The van der Waals surface area contributed by atoms with Crippen LogP contribution in [0.4, 0.5) is 0 Å². The van der Waals surface area contributed by atoms with E-state index in [1.54, 1.807) is 6.07 Å². The van der Waals surface area contributed by atoms with Gasteiger partial charge in [0.1, 0.15) is 5.92 Å². The molecule has 1 aliphatic heterocycles. The predicted molar refractivity (Wildman–Crippen MR) is 37.3 cm³/mol. The standard InChI is InChI=1S/C7H5N3O2/c1-9-5-2-4(3-8)6(11)10-7(5)12/h4-5H,2H2,(H,10,11,12). The first-order chi connectivity index (χ1) is 5.69. The zero-order chi connectivity index (χ0) is 9.14. The van der Waals surface area contributed by atoms with E-state index in [1.165, 1.54) is 0 Å². The van der Waals surface area contributed by atoms with Crippen molar-refractivity contribution in [2.45, 2.75) is 12.5 Å². The summed E-state index contributed by atoms with van der Waals surface area (Å²) in [6.07, 6.45) is 0.0185. The summed E-state index contributed by atoms with van der Waals surface area (Å²) in [5, 5.41) is 10.4. The van der Waals surface area contributed by atoms with Crippen molar-refractivity contribution in [2.75, 3.05) is 0 Å². The quantitative estimate of drug-likeness (QED) is 0.385. The largest absolute Gasteiger partial charge is 0.309 e. The number of piperidine rings is 1. The number of amides is 2. The lowest BCUT2D eigenvalue weighted by atomic mass is 9.96. The summed E-state index contributed by atoms with van der Waals surface area (Å²) in [7, 11) is 0. The van der Waals surface area contributed by atoms with Gasteiger partial charge in [-0.1, -0.05) is 0 Å². The van der Waals surface area contributed by atoms with E-state index in [2.05, 4.69) is 4.85 Å². The van der Waals surface area contributed by atoms with Crippen LogP contribution >= 0.6 is 0 Å². The highest BCUT2D eigenvalue weighted by Crippen LogP contribution is 2.14. The first-order valence-corrected chi connectivity index (χ1v) is 3.30. The van der Waals surface area contributed by atoms with Crippen LogP contribution in [0.5, 0.6) is 0 Å². The van der Waals surface area contributed by atoms with Crippen LogP contribution in [0.1, 0.15) is 6.42 Å². The molecule has 2 atom stereocenters. The van der Waals surface area contributed by atoms with Gasteiger partial charge in [-0.25, -0.2) is 6.57 Å². The molecule has 0 aliphatic carbocycles. The Hall–Kier alpha value is -1.88. The molecule has 5 nitrogen and oxygen atoms in total. The Kier molecular flexibility index (Phi) is 2.07. The van der Waals surface area contributed by atoms with Gasteiger partial charge in [-0.15, -0.1) is 0 Å². The molecule has 2 amide bonds. The van der Waals surface area contributed by atoms with Gasteiger partial charge >= 0.3 is 11.9 Å². The Balaban J connectivity index is 2.79. The van der Waals surface area contributed by atoms with Crippen LogP contribution in [0, 0.1) is 23.8 Å². The monoisotopic (exact) mass is 163 g/mol. The average molecular weight is 163 g/mol. The lowest BCUT2D eigenvalue weighted by molar-refractivity contribution is -0.135. The van der Waals surface area contributed by atoms with E-state index in [-0.39, 0.29) is 6.42 Å². The lowest BCUT2D eigenvalue weighted by Gasteiger charge is -2.15. The lowest BCUT2D eigenvalue weighted by Crippen LogP contribution is -2.47. The van der Waals surface area contributed by atoms with Gasteiger partial charge in [-0.2, -0.15) is 5.26 Å². The number of nitrogens with one attached hydrogen (secondary N) is 1.